The Balaban J connectivity index is 2.60. The number of ketones is 1. The van der Waals surface area contributed by atoms with E-state index >= 15 is 0 Å². The number of Topliss-reactive ketones (excluding diaryl/α,β-unsaturated/α-hetero) is 1. The Morgan fingerprint density at radius 1 is 1.31 bits per heavy atom. The Bertz CT molecular complexity index is 434. The van der Waals surface area contributed by atoms with Gasteiger partial charge in [0.05, 0.1) is 11.0 Å². The average molecular weight is 218 g/mol. The van der Waals surface area contributed by atoms with E-state index in [1.54, 1.807) is 0 Å². The van der Waals surface area contributed by atoms with Gasteiger partial charge in [-0.05, 0) is 25.8 Å². The monoisotopic (exact) mass is 218 g/mol. The molecule has 0 aromatic heterocycles. The van der Waals surface area contributed by atoms with Gasteiger partial charge < -0.3 is 5.11 Å². The van der Waals surface area contributed by atoms with Crippen molar-refractivity contribution in [2.75, 3.05) is 0 Å². The molecule has 1 unspecified atom stereocenters. The minimum Gasteiger partial charge on any atom is -0.389 e. The van der Waals surface area contributed by atoms with Crippen LogP contribution in [0.3, 0.4) is 0 Å². The van der Waals surface area contributed by atoms with Crippen molar-refractivity contribution in [3.05, 3.63) is 35.4 Å². The number of aliphatic hydroxyl groups is 1. The molecule has 1 N–H and O–H groups in total. The van der Waals surface area contributed by atoms with E-state index in [-0.39, 0.29) is 5.78 Å². The van der Waals surface area contributed by atoms with Crippen molar-refractivity contribution in [2.45, 2.75) is 39.2 Å². The van der Waals surface area contributed by atoms with E-state index < -0.39 is 11.0 Å². The third-order valence-corrected chi connectivity index (χ3v) is 4.06. The lowest BCUT2D eigenvalue weighted by Gasteiger charge is -2.45. The zero-order chi connectivity index (χ0) is 12.0. The molecule has 2 heteroatoms. The second kappa shape index (κ2) is 3.42. The molecule has 2 rings (SSSR count). The molecular formula is C14H18O2. The lowest BCUT2D eigenvalue weighted by molar-refractivity contribution is -0.0568. The molecule has 1 aromatic carbocycles. The number of hydrogen-bond donors (Lipinski definition) is 1. The van der Waals surface area contributed by atoms with Crippen LogP contribution in [0.1, 0.15) is 43.1 Å². The predicted molar refractivity (Wildman–Crippen MR) is 63.5 cm³/mol. The van der Waals surface area contributed by atoms with Crippen LogP contribution in [0.15, 0.2) is 24.3 Å². The van der Waals surface area contributed by atoms with Gasteiger partial charge in [0.25, 0.3) is 0 Å². The lowest BCUT2D eigenvalue weighted by atomic mass is 9.62. The van der Waals surface area contributed by atoms with Gasteiger partial charge in [-0.3, -0.25) is 4.79 Å². The summed E-state index contributed by atoms with van der Waals surface area (Å²) in [5.74, 6) is 0.0544. The normalized spacial score (nSPS) is 27.6. The summed E-state index contributed by atoms with van der Waals surface area (Å²) < 4.78 is 0. The van der Waals surface area contributed by atoms with E-state index in [9.17, 15) is 9.90 Å². The summed E-state index contributed by atoms with van der Waals surface area (Å²) in [6.45, 7) is 5.62. The molecule has 0 amide bonds. The van der Waals surface area contributed by atoms with Gasteiger partial charge >= 0.3 is 0 Å². The van der Waals surface area contributed by atoms with Gasteiger partial charge in [0.1, 0.15) is 0 Å². The molecule has 0 bridgehead atoms. The predicted octanol–water partition coefficient (Wildman–Crippen LogP) is 2.59. The van der Waals surface area contributed by atoms with Gasteiger partial charge in [-0.2, -0.15) is 0 Å². The Morgan fingerprint density at radius 3 is 2.56 bits per heavy atom. The van der Waals surface area contributed by atoms with Crippen molar-refractivity contribution < 1.29 is 9.90 Å². The van der Waals surface area contributed by atoms with E-state index in [1.165, 1.54) is 0 Å². The van der Waals surface area contributed by atoms with E-state index in [4.69, 9.17) is 0 Å². The molecule has 0 saturated heterocycles. The van der Waals surface area contributed by atoms with Crippen LogP contribution in [-0.4, -0.2) is 16.5 Å². The topological polar surface area (TPSA) is 37.3 Å². The van der Waals surface area contributed by atoms with Gasteiger partial charge in [0.2, 0.25) is 0 Å². The molecule has 1 atom stereocenters. The van der Waals surface area contributed by atoms with Gasteiger partial charge in [-0.1, -0.05) is 31.2 Å². The highest BCUT2D eigenvalue weighted by molar-refractivity contribution is 6.03. The third kappa shape index (κ3) is 1.33. The van der Waals surface area contributed by atoms with Crippen LogP contribution < -0.4 is 0 Å². The smallest absolute Gasteiger partial charge is 0.171 e. The third-order valence-electron chi connectivity index (χ3n) is 4.06. The van der Waals surface area contributed by atoms with Crippen LogP contribution in [-0.2, 0) is 6.42 Å². The van der Waals surface area contributed by atoms with Crippen LogP contribution in [0.2, 0.25) is 0 Å². The van der Waals surface area contributed by atoms with Crippen molar-refractivity contribution in [3.63, 3.8) is 0 Å². The molecule has 2 nitrogen and oxygen atoms in total. The molecule has 0 fully saturated rings. The summed E-state index contributed by atoms with van der Waals surface area (Å²) in [6, 6.07) is 7.58. The second-order valence-electron chi connectivity index (χ2n) is 5.17. The first kappa shape index (κ1) is 11.3. The second-order valence-corrected chi connectivity index (χ2v) is 5.17. The van der Waals surface area contributed by atoms with Crippen molar-refractivity contribution in [2.24, 2.45) is 5.41 Å². The van der Waals surface area contributed by atoms with Crippen molar-refractivity contribution >= 4 is 5.78 Å². The van der Waals surface area contributed by atoms with Crippen molar-refractivity contribution in [1.82, 2.24) is 0 Å². The number of benzene rings is 1. The zero-order valence-electron chi connectivity index (χ0n) is 10.1. The number of fused-ring (bicyclic) bond motifs is 1. The molecule has 16 heavy (non-hydrogen) atoms. The minimum atomic E-state index is -0.918. The molecule has 1 aliphatic rings. The van der Waals surface area contributed by atoms with Crippen LogP contribution in [0.4, 0.5) is 0 Å². The first-order chi connectivity index (χ1) is 7.42. The Morgan fingerprint density at radius 2 is 1.94 bits per heavy atom. The first-order valence-electron chi connectivity index (χ1n) is 5.77. The van der Waals surface area contributed by atoms with Gasteiger partial charge in [0.15, 0.2) is 5.78 Å². The summed E-state index contributed by atoms with van der Waals surface area (Å²) in [4.78, 5) is 12.4. The summed E-state index contributed by atoms with van der Waals surface area (Å²) in [5, 5.41) is 10.6. The fraction of sp³-hybridized carbons (Fsp3) is 0.500. The van der Waals surface area contributed by atoms with E-state index in [0.29, 0.717) is 12.8 Å². The summed E-state index contributed by atoms with van der Waals surface area (Å²) in [5.41, 5.74) is 0.121. The van der Waals surface area contributed by atoms with Crippen molar-refractivity contribution in [1.29, 1.82) is 0 Å². The zero-order valence-corrected chi connectivity index (χ0v) is 10.1. The van der Waals surface area contributed by atoms with Crippen molar-refractivity contribution in [3.8, 4) is 0 Å². The maximum Gasteiger partial charge on any atom is 0.171 e. The molecule has 0 spiro atoms. The summed E-state index contributed by atoms with van der Waals surface area (Å²) in [6.07, 6.45) is 1.17. The van der Waals surface area contributed by atoms with Crippen LogP contribution in [0, 0.1) is 5.41 Å². The highest BCUT2D eigenvalue weighted by Crippen LogP contribution is 2.44. The Labute approximate surface area is 96.3 Å². The maximum atomic E-state index is 12.4. The number of carbonyl (C=O) groups excluding carboxylic acids is 1. The molecule has 0 aliphatic heterocycles. The standard InChI is InChI=1S/C14H18O2/c1-4-14(16)9-10-7-5-6-8-11(10)12(15)13(14,2)3/h5-8,16H,4,9H2,1-3H3. The summed E-state index contributed by atoms with van der Waals surface area (Å²) >= 11 is 0. The van der Waals surface area contributed by atoms with E-state index in [0.717, 1.165) is 11.1 Å². The SMILES string of the molecule is CCC1(O)Cc2ccccc2C(=O)C1(C)C. The first-order valence-corrected chi connectivity index (χ1v) is 5.77. The average Bonchev–Trinajstić information content (AvgIpc) is 2.27. The Hall–Kier alpha value is -1.15. The molecule has 1 aromatic rings. The quantitative estimate of drug-likeness (QED) is 0.786. The minimum absolute atomic E-state index is 0.0544. The summed E-state index contributed by atoms with van der Waals surface area (Å²) in [7, 11) is 0. The largest absolute Gasteiger partial charge is 0.389 e. The van der Waals surface area contributed by atoms with Gasteiger partial charge in [-0.25, -0.2) is 0 Å². The number of hydrogen-bond acceptors (Lipinski definition) is 2. The van der Waals surface area contributed by atoms with Crippen LogP contribution in [0.5, 0.6) is 0 Å². The maximum absolute atomic E-state index is 12.4. The van der Waals surface area contributed by atoms with Crippen LogP contribution in [0.25, 0.3) is 0 Å². The molecular weight excluding hydrogens is 200 g/mol. The molecule has 1 aliphatic carbocycles. The van der Waals surface area contributed by atoms with Gasteiger partial charge in [-0.15, -0.1) is 0 Å². The number of rotatable bonds is 1. The fourth-order valence-corrected chi connectivity index (χ4v) is 2.55. The van der Waals surface area contributed by atoms with Crippen LogP contribution >= 0.6 is 0 Å². The highest BCUT2D eigenvalue weighted by Gasteiger charge is 2.51. The van der Waals surface area contributed by atoms with E-state index in [2.05, 4.69) is 0 Å². The van der Waals surface area contributed by atoms with Gasteiger partial charge in [0, 0.05) is 12.0 Å². The molecule has 0 radical (unpaired) electrons. The highest BCUT2D eigenvalue weighted by atomic mass is 16.3. The Kier molecular flexibility index (Phi) is 2.43. The molecule has 0 saturated carbocycles. The number of carbonyl (C=O) groups is 1. The fourth-order valence-electron chi connectivity index (χ4n) is 2.55. The lowest BCUT2D eigenvalue weighted by Crippen LogP contribution is -2.54. The molecule has 86 valence electrons. The molecule has 0 heterocycles. The van der Waals surface area contributed by atoms with E-state index in [1.807, 2.05) is 45.0 Å².